The zero-order valence-electron chi connectivity index (χ0n) is 12.9. The number of carbonyl (C=O) groups is 1. The summed E-state index contributed by atoms with van der Waals surface area (Å²) >= 11 is 6.11. The van der Waals surface area contributed by atoms with Crippen LogP contribution in [0.15, 0.2) is 36.7 Å². The third kappa shape index (κ3) is 5.50. The molecule has 0 spiro atoms. The summed E-state index contributed by atoms with van der Waals surface area (Å²) in [5.41, 5.74) is 1.28. The first kappa shape index (κ1) is 17.2. The second kappa shape index (κ2) is 9.07. The van der Waals surface area contributed by atoms with Gasteiger partial charge in [-0.2, -0.15) is 0 Å². The van der Waals surface area contributed by atoms with Gasteiger partial charge in [-0.15, -0.1) is 0 Å². The quantitative estimate of drug-likeness (QED) is 0.725. The number of nitrogens with one attached hydrogen (secondary N) is 2. The van der Waals surface area contributed by atoms with Crippen molar-refractivity contribution in [3.05, 3.63) is 52.9 Å². The van der Waals surface area contributed by atoms with Crippen molar-refractivity contribution < 1.29 is 9.53 Å². The molecule has 0 radical (unpaired) electrons. The smallest absolute Gasteiger partial charge is 0.270 e. The first-order chi connectivity index (χ1) is 11.2. The van der Waals surface area contributed by atoms with Gasteiger partial charge in [0, 0.05) is 37.9 Å². The summed E-state index contributed by atoms with van der Waals surface area (Å²) in [4.78, 5) is 20.1. The first-order valence-electron chi connectivity index (χ1n) is 7.27. The minimum Gasteiger partial charge on any atom is -0.385 e. The molecule has 6 nitrogen and oxygen atoms in total. The Morgan fingerprint density at radius 2 is 2.13 bits per heavy atom. The molecule has 2 aromatic rings. The monoisotopic (exact) mass is 334 g/mol. The van der Waals surface area contributed by atoms with E-state index in [2.05, 4.69) is 20.6 Å². The van der Waals surface area contributed by atoms with Gasteiger partial charge in [0.25, 0.3) is 5.91 Å². The molecule has 2 rings (SSSR count). The van der Waals surface area contributed by atoms with Gasteiger partial charge >= 0.3 is 0 Å². The predicted octanol–water partition coefficient (Wildman–Crippen LogP) is 2.51. The fourth-order valence-electron chi connectivity index (χ4n) is 1.91. The molecule has 2 N–H and O–H groups in total. The lowest BCUT2D eigenvalue weighted by Gasteiger charge is -2.08. The highest BCUT2D eigenvalue weighted by Gasteiger charge is 2.08. The molecule has 0 fully saturated rings. The van der Waals surface area contributed by atoms with E-state index >= 15 is 0 Å². The average Bonchev–Trinajstić information content (AvgIpc) is 2.58. The summed E-state index contributed by atoms with van der Waals surface area (Å²) in [6.07, 6.45) is 2.12. The van der Waals surface area contributed by atoms with Crippen molar-refractivity contribution in [1.29, 1.82) is 0 Å². The molecule has 0 aliphatic carbocycles. The summed E-state index contributed by atoms with van der Waals surface area (Å²) in [7, 11) is 1.63. The Balaban J connectivity index is 1.91. The molecule has 0 aliphatic rings. The van der Waals surface area contributed by atoms with Crippen LogP contribution in [0.3, 0.4) is 0 Å². The number of ether oxygens (including phenoxy) is 1. The Labute approximate surface area is 140 Å². The molecular formula is C16H19ClN4O2. The van der Waals surface area contributed by atoms with Crippen LogP contribution in [0.5, 0.6) is 0 Å². The number of amides is 1. The highest BCUT2D eigenvalue weighted by molar-refractivity contribution is 6.31. The van der Waals surface area contributed by atoms with Gasteiger partial charge in [0.1, 0.15) is 17.8 Å². The van der Waals surface area contributed by atoms with Crippen molar-refractivity contribution in [2.24, 2.45) is 0 Å². The normalized spacial score (nSPS) is 10.3. The number of nitrogens with zero attached hydrogens (tertiary/aromatic N) is 2. The lowest BCUT2D eigenvalue weighted by molar-refractivity contribution is 0.0943. The van der Waals surface area contributed by atoms with Gasteiger partial charge in [-0.3, -0.25) is 4.79 Å². The van der Waals surface area contributed by atoms with Crippen LogP contribution in [0.2, 0.25) is 5.02 Å². The number of anilines is 1. The van der Waals surface area contributed by atoms with Gasteiger partial charge in [-0.05, 0) is 18.1 Å². The molecule has 0 aliphatic heterocycles. The van der Waals surface area contributed by atoms with E-state index in [-0.39, 0.29) is 5.91 Å². The molecule has 0 saturated heterocycles. The molecule has 0 atom stereocenters. The predicted molar refractivity (Wildman–Crippen MR) is 89.6 cm³/mol. The standard InChI is InChI=1S/C16H19ClN4O2/c1-23-8-4-7-18-16(22)14-9-15(21-11-20-14)19-10-12-5-2-3-6-13(12)17/h2-3,5-6,9,11H,4,7-8,10H2,1H3,(H,18,22)(H,19,20,21). The van der Waals surface area contributed by atoms with Crippen molar-refractivity contribution in [3.63, 3.8) is 0 Å². The van der Waals surface area contributed by atoms with Crippen LogP contribution < -0.4 is 10.6 Å². The van der Waals surface area contributed by atoms with Crippen molar-refractivity contribution >= 4 is 23.3 Å². The molecular weight excluding hydrogens is 316 g/mol. The van der Waals surface area contributed by atoms with Crippen molar-refractivity contribution in [3.8, 4) is 0 Å². The van der Waals surface area contributed by atoms with Crippen LogP contribution in [-0.4, -0.2) is 36.1 Å². The molecule has 1 aromatic heterocycles. The third-order valence-corrected chi connectivity index (χ3v) is 3.50. The van der Waals surface area contributed by atoms with E-state index in [4.69, 9.17) is 16.3 Å². The maximum atomic E-state index is 12.0. The van der Waals surface area contributed by atoms with E-state index in [9.17, 15) is 4.79 Å². The number of halogens is 1. The largest absolute Gasteiger partial charge is 0.385 e. The third-order valence-electron chi connectivity index (χ3n) is 3.13. The van der Waals surface area contributed by atoms with Crippen LogP contribution in [0.1, 0.15) is 22.5 Å². The summed E-state index contributed by atoms with van der Waals surface area (Å²) in [6, 6.07) is 9.17. The molecule has 0 saturated carbocycles. The number of methoxy groups -OCH3 is 1. The highest BCUT2D eigenvalue weighted by Crippen LogP contribution is 2.16. The van der Waals surface area contributed by atoms with Gasteiger partial charge in [0.05, 0.1) is 0 Å². The van der Waals surface area contributed by atoms with Gasteiger partial charge in [0.2, 0.25) is 0 Å². The van der Waals surface area contributed by atoms with Crippen molar-refractivity contribution in [2.45, 2.75) is 13.0 Å². The van der Waals surface area contributed by atoms with Gasteiger partial charge in [-0.1, -0.05) is 29.8 Å². The zero-order valence-corrected chi connectivity index (χ0v) is 13.6. The van der Waals surface area contributed by atoms with Crippen LogP contribution >= 0.6 is 11.6 Å². The van der Waals surface area contributed by atoms with E-state index in [1.54, 1.807) is 13.2 Å². The topological polar surface area (TPSA) is 76.1 Å². The summed E-state index contributed by atoms with van der Waals surface area (Å²) < 4.78 is 4.93. The van der Waals surface area contributed by atoms with E-state index in [0.29, 0.717) is 36.2 Å². The lowest BCUT2D eigenvalue weighted by Crippen LogP contribution is -2.26. The number of hydrogen-bond donors (Lipinski definition) is 2. The number of carbonyl (C=O) groups excluding carboxylic acids is 1. The molecule has 0 bridgehead atoms. The maximum absolute atomic E-state index is 12.0. The fourth-order valence-corrected chi connectivity index (χ4v) is 2.12. The minimum atomic E-state index is -0.232. The summed E-state index contributed by atoms with van der Waals surface area (Å²) in [5, 5.41) is 6.61. The maximum Gasteiger partial charge on any atom is 0.270 e. The van der Waals surface area contributed by atoms with Crippen LogP contribution in [-0.2, 0) is 11.3 Å². The fraction of sp³-hybridized carbons (Fsp3) is 0.312. The van der Waals surface area contributed by atoms with Crippen LogP contribution in [0.4, 0.5) is 5.82 Å². The van der Waals surface area contributed by atoms with E-state index in [1.165, 1.54) is 6.33 Å². The van der Waals surface area contributed by atoms with E-state index < -0.39 is 0 Å². The van der Waals surface area contributed by atoms with E-state index in [1.807, 2.05) is 24.3 Å². The Morgan fingerprint density at radius 1 is 1.30 bits per heavy atom. The number of aromatic nitrogens is 2. The van der Waals surface area contributed by atoms with Crippen LogP contribution in [0.25, 0.3) is 0 Å². The Bertz CT molecular complexity index is 651. The number of hydrogen-bond acceptors (Lipinski definition) is 5. The molecule has 23 heavy (non-hydrogen) atoms. The van der Waals surface area contributed by atoms with Gasteiger partial charge in [0.15, 0.2) is 0 Å². The zero-order chi connectivity index (χ0) is 16.5. The van der Waals surface area contributed by atoms with Crippen molar-refractivity contribution in [2.75, 3.05) is 25.6 Å². The minimum absolute atomic E-state index is 0.232. The molecule has 1 amide bonds. The Morgan fingerprint density at radius 3 is 2.91 bits per heavy atom. The van der Waals surface area contributed by atoms with Crippen molar-refractivity contribution in [1.82, 2.24) is 15.3 Å². The average molecular weight is 335 g/mol. The Hall–Kier alpha value is -2.18. The number of rotatable bonds is 8. The summed E-state index contributed by atoms with van der Waals surface area (Å²) in [5.74, 6) is 0.339. The SMILES string of the molecule is COCCCNC(=O)c1cc(NCc2ccccc2Cl)ncn1. The first-order valence-corrected chi connectivity index (χ1v) is 7.65. The van der Waals surface area contributed by atoms with Gasteiger partial charge in [-0.25, -0.2) is 9.97 Å². The Kier molecular flexibility index (Phi) is 6.77. The number of benzene rings is 1. The molecule has 0 unspecified atom stereocenters. The van der Waals surface area contributed by atoms with E-state index in [0.717, 1.165) is 12.0 Å². The van der Waals surface area contributed by atoms with Gasteiger partial charge < -0.3 is 15.4 Å². The second-order valence-electron chi connectivity index (χ2n) is 4.84. The molecule has 7 heteroatoms. The van der Waals surface area contributed by atoms with Crippen LogP contribution in [0, 0.1) is 0 Å². The molecule has 1 aromatic carbocycles. The lowest BCUT2D eigenvalue weighted by atomic mass is 10.2. The highest BCUT2D eigenvalue weighted by atomic mass is 35.5. The summed E-state index contributed by atoms with van der Waals surface area (Å²) in [6.45, 7) is 1.67. The molecule has 1 heterocycles. The second-order valence-corrected chi connectivity index (χ2v) is 5.24. The molecule has 122 valence electrons.